The zero-order valence-corrected chi connectivity index (χ0v) is 16.3. The number of nitrogens with zero attached hydrogens (tertiary/aromatic N) is 1. The van der Waals surface area contributed by atoms with E-state index in [2.05, 4.69) is 6.92 Å². The molecule has 7 heteroatoms. The Morgan fingerprint density at radius 2 is 1.88 bits per heavy atom. The van der Waals surface area contributed by atoms with Crippen LogP contribution in [0.2, 0.25) is 0 Å². The van der Waals surface area contributed by atoms with Gasteiger partial charge in [-0.1, -0.05) is 69.7 Å². The Morgan fingerprint density at radius 1 is 1.19 bits per heavy atom. The Labute approximate surface area is 157 Å². The number of aliphatic hydroxyl groups is 1. The van der Waals surface area contributed by atoms with Crippen LogP contribution in [-0.2, 0) is 21.0 Å². The summed E-state index contributed by atoms with van der Waals surface area (Å²) in [6.45, 7) is 3.06. The summed E-state index contributed by atoms with van der Waals surface area (Å²) in [5.74, 6) is 0. The van der Waals surface area contributed by atoms with E-state index in [1.165, 1.54) is 19.3 Å². The second-order valence-electron chi connectivity index (χ2n) is 7.02. The van der Waals surface area contributed by atoms with Crippen LogP contribution in [0, 0.1) is 0 Å². The number of rotatable bonds is 11. The second-order valence-corrected chi connectivity index (χ2v) is 8.07. The van der Waals surface area contributed by atoms with Gasteiger partial charge in [-0.3, -0.25) is 9.45 Å². The molecule has 0 saturated carbocycles. The molecule has 0 aromatic heterocycles. The fourth-order valence-corrected chi connectivity index (χ4v) is 4.04. The van der Waals surface area contributed by atoms with Crippen LogP contribution in [-0.4, -0.2) is 42.2 Å². The van der Waals surface area contributed by atoms with E-state index >= 15 is 0 Å². The largest absolute Gasteiger partial charge is 0.397 e. The van der Waals surface area contributed by atoms with Crippen LogP contribution < -0.4 is 0 Å². The molecule has 0 aliphatic carbocycles. The topological polar surface area (TPSA) is 87.1 Å². The summed E-state index contributed by atoms with van der Waals surface area (Å²) in [4.78, 5) is 1.81. The van der Waals surface area contributed by atoms with Crippen molar-refractivity contribution in [1.29, 1.82) is 0 Å². The highest BCUT2D eigenvalue weighted by Gasteiger charge is 2.29. The fraction of sp³-hybridized carbons (Fsp3) is 0.684. The summed E-state index contributed by atoms with van der Waals surface area (Å²) in [6.07, 6.45) is 6.44. The van der Waals surface area contributed by atoms with Crippen molar-refractivity contribution in [2.45, 2.75) is 70.6 Å². The van der Waals surface area contributed by atoms with Crippen molar-refractivity contribution in [1.82, 2.24) is 4.90 Å². The standard InChI is InChI=1S/C19H31NO5S/c1-2-3-4-5-6-7-11-17(25-26(22,23)24)15-20-14-13-16-10-8-9-12-18(16)19(20)21/h8-10,12,17,19,21H,2-7,11,13-15H2,1H3,(H,22,23,24). The number of hydrogen-bond acceptors (Lipinski definition) is 5. The van der Waals surface area contributed by atoms with Crippen LogP contribution >= 0.6 is 0 Å². The first kappa shape index (κ1) is 21.3. The second kappa shape index (κ2) is 10.4. The van der Waals surface area contributed by atoms with Gasteiger partial charge < -0.3 is 5.11 Å². The lowest BCUT2D eigenvalue weighted by atomic mass is 9.97. The highest BCUT2D eigenvalue weighted by atomic mass is 32.3. The lowest BCUT2D eigenvalue weighted by Gasteiger charge is -2.35. The van der Waals surface area contributed by atoms with Crippen molar-refractivity contribution < 1.29 is 22.3 Å². The van der Waals surface area contributed by atoms with Crippen LogP contribution in [0.15, 0.2) is 24.3 Å². The number of benzene rings is 1. The Morgan fingerprint density at radius 3 is 2.62 bits per heavy atom. The Bertz CT molecular complexity index is 649. The minimum Gasteiger partial charge on any atom is -0.374 e. The molecule has 1 aliphatic rings. The molecule has 26 heavy (non-hydrogen) atoms. The molecule has 0 bridgehead atoms. The average molecular weight is 386 g/mol. The molecule has 2 atom stereocenters. The van der Waals surface area contributed by atoms with E-state index in [-0.39, 0.29) is 6.54 Å². The molecular formula is C19H31NO5S. The monoisotopic (exact) mass is 385 g/mol. The lowest BCUT2D eigenvalue weighted by Crippen LogP contribution is -2.41. The first-order valence-corrected chi connectivity index (χ1v) is 10.9. The first-order chi connectivity index (χ1) is 12.4. The van der Waals surface area contributed by atoms with Crippen LogP contribution in [0.1, 0.15) is 69.2 Å². The van der Waals surface area contributed by atoms with E-state index in [0.29, 0.717) is 13.0 Å². The molecule has 1 heterocycles. The summed E-state index contributed by atoms with van der Waals surface area (Å²) in [5, 5.41) is 10.6. The van der Waals surface area contributed by atoms with Gasteiger partial charge in [0.15, 0.2) is 0 Å². The Balaban J connectivity index is 1.91. The van der Waals surface area contributed by atoms with Gasteiger partial charge in [0, 0.05) is 13.1 Å². The van der Waals surface area contributed by atoms with Gasteiger partial charge in [-0.15, -0.1) is 0 Å². The predicted molar refractivity (Wildman–Crippen MR) is 101 cm³/mol. The summed E-state index contributed by atoms with van der Waals surface area (Å²) < 4.78 is 36.3. The van der Waals surface area contributed by atoms with Crippen LogP contribution in [0.4, 0.5) is 0 Å². The van der Waals surface area contributed by atoms with Crippen LogP contribution in [0.25, 0.3) is 0 Å². The van der Waals surface area contributed by atoms with Gasteiger partial charge in [0.2, 0.25) is 0 Å². The Hall–Kier alpha value is -0.990. The number of fused-ring (bicyclic) bond motifs is 1. The van der Waals surface area contributed by atoms with Crippen molar-refractivity contribution >= 4 is 10.4 Å². The van der Waals surface area contributed by atoms with Crippen molar-refractivity contribution in [2.75, 3.05) is 13.1 Å². The van der Waals surface area contributed by atoms with E-state index in [1.54, 1.807) is 0 Å². The quantitative estimate of drug-likeness (QED) is 0.448. The average Bonchev–Trinajstić information content (AvgIpc) is 2.59. The normalized spacial score (nSPS) is 19.3. The van der Waals surface area contributed by atoms with Gasteiger partial charge in [-0.05, 0) is 24.0 Å². The van der Waals surface area contributed by atoms with E-state index in [9.17, 15) is 13.5 Å². The summed E-state index contributed by atoms with van der Waals surface area (Å²) in [7, 11) is -4.51. The van der Waals surface area contributed by atoms with Crippen LogP contribution in [0.3, 0.4) is 0 Å². The third kappa shape index (κ3) is 6.96. The van der Waals surface area contributed by atoms with Gasteiger partial charge in [0.25, 0.3) is 0 Å². The first-order valence-electron chi connectivity index (χ1n) is 9.56. The van der Waals surface area contributed by atoms with Gasteiger partial charge in [0.1, 0.15) is 6.23 Å². The molecule has 2 unspecified atom stereocenters. The maximum absolute atomic E-state index is 11.2. The molecule has 1 aromatic carbocycles. The van der Waals surface area contributed by atoms with Crippen molar-refractivity contribution in [3.8, 4) is 0 Å². The van der Waals surface area contributed by atoms with Gasteiger partial charge >= 0.3 is 10.4 Å². The maximum atomic E-state index is 11.2. The highest BCUT2D eigenvalue weighted by molar-refractivity contribution is 7.80. The number of hydrogen-bond donors (Lipinski definition) is 2. The lowest BCUT2D eigenvalue weighted by molar-refractivity contribution is -0.0291. The van der Waals surface area contributed by atoms with Crippen molar-refractivity contribution in [3.63, 3.8) is 0 Å². The molecule has 0 spiro atoms. The smallest absolute Gasteiger partial charge is 0.374 e. The zero-order valence-electron chi connectivity index (χ0n) is 15.5. The number of aliphatic hydroxyl groups excluding tert-OH is 1. The molecule has 0 fully saturated rings. The summed E-state index contributed by atoms with van der Waals surface area (Å²) in [6, 6.07) is 7.72. The van der Waals surface area contributed by atoms with Crippen molar-refractivity contribution in [3.05, 3.63) is 35.4 Å². The zero-order chi connectivity index (χ0) is 19.0. The van der Waals surface area contributed by atoms with E-state index in [0.717, 1.165) is 36.8 Å². The third-order valence-corrected chi connectivity index (χ3v) is 5.44. The van der Waals surface area contributed by atoms with E-state index in [4.69, 9.17) is 8.74 Å². The molecule has 6 nitrogen and oxygen atoms in total. The fourth-order valence-electron chi connectivity index (χ4n) is 3.54. The van der Waals surface area contributed by atoms with Crippen molar-refractivity contribution in [2.24, 2.45) is 0 Å². The molecule has 2 rings (SSSR count). The maximum Gasteiger partial charge on any atom is 0.397 e. The third-order valence-electron chi connectivity index (χ3n) is 4.92. The summed E-state index contributed by atoms with van der Waals surface area (Å²) >= 11 is 0. The van der Waals surface area contributed by atoms with E-state index < -0.39 is 22.7 Å². The Kier molecular flexibility index (Phi) is 8.50. The van der Waals surface area contributed by atoms with Crippen LogP contribution in [0.5, 0.6) is 0 Å². The molecule has 1 aromatic rings. The highest BCUT2D eigenvalue weighted by Crippen LogP contribution is 2.28. The van der Waals surface area contributed by atoms with Gasteiger partial charge in [-0.2, -0.15) is 8.42 Å². The van der Waals surface area contributed by atoms with E-state index in [1.807, 2.05) is 29.2 Å². The molecule has 148 valence electrons. The minimum absolute atomic E-state index is 0.268. The molecule has 2 N–H and O–H groups in total. The molecule has 0 amide bonds. The molecular weight excluding hydrogens is 354 g/mol. The molecule has 1 aliphatic heterocycles. The SMILES string of the molecule is CCCCCCCCC(CN1CCc2ccccc2C1O)OS(=O)(=O)O. The predicted octanol–water partition coefficient (Wildman–Crippen LogP) is 3.47. The van der Waals surface area contributed by atoms with Gasteiger partial charge in [0.05, 0.1) is 6.10 Å². The molecule has 0 radical (unpaired) electrons. The molecule has 0 saturated heterocycles. The van der Waals surface area contributed by atoms with Gasteiger partial charge in [-0.25, -0.2) is 4.18 Å². The summed E-state index contributed by atoms with van der Waals surface area (Å²) in [5.41, 5.74) is 1.96. The number of unbranched alkanes of at least 4 members (excludes halogenated alkanes) is 5. The minimum atomic E-state index is -4.51.